The van der Waals surface area contributed by atoms with Crippen molar-refractivity contribution in [2.24, 2.45) is 0 Å². The minimum Gasteiger partial charge on any atom is -0.389 e. The minimum atomic E-state index is -4.50. The molecule has 2 N–H and O–H groups in total. The SMILES string of the molecule is COCC(O)CNc1c(Cl)cccc1C(F)(F)F. The summed E-state index contributed by atoms with van der Waals surface area (Å²) in [7, 11) is 1.39. The summed E-state index contributed by atoms with van der Waals surface area (Å²) in [5.41, 5.74) is -1.10. The maximum Gasteiger partial charge on any atom is 0.418 e. The van der Waals surface area contributed by atoms with E-state index in [9.17, 15) is 18.3 Å². The highest BCUT2D eigenvalue weighted by Gasteiger charge is 2.34. The van der Waals surface area contributed by atoms with Crippen LogP contribution in [0.25, 0.3) is 0 Å². The second-order valence-corrected chi connectivity index (χ2v) is 4.06. The Bertz CT molecular complexity index is 398. The van der Waals surface area contributed by atoms with Gasteiger partial charge in [-0.15, -0.1) is 0 Å². The first-order valence-electron chi connectivity index (χ1n) is 5.13. The van der Waals surface area contributed by atoms with Gasteiger partial charge in [0.25, 0.3) is 0 Å². The van der Waals surface area contributed by atoms with Crippen LogP contribution in [-0.4, -0.2) is 31.5 Å². The molecule has 18 heavy (non-hydrogen) atoms. The molecular weight excluding hydrogens is 271 g/mol. The van der Waals surface area contributed by atoms with Crippen molar-refractivity contribution in [1.29, 1.82) is 0 Å². The van der Waals surface area contributed by atoms with E-state index in [1.54, 1.807) is 0 Å². The van der Waals surface area contributed by atoms with E-state index in [1.165, 1.54) is 19.2 Å². The molecule has 1 aromatic carbocycles. The van der Waals surface area contributed by atoms with Crippen molar-refractivity contribution in [1.82, 2.24) is 0 Å². The van der Waals surface area contributed by atoms with Crippen LogP contribution in [-0.2, 0) is 10.9 Å². The largest absolute Gasteiger partial charge is 0.418 e. The second kappa shape index (κ2) is 6.26. The molecule has 1 rings (SSSR count). The molecule has 0 aliphatic carbocycles. The minimum absolute atomic E-state index is 0.0266. The van der Waals surface area contributed by atoms with Crippen molar-refractivity contribution in [2.75, 3.05) is 25.6 Å². The molecule has 0 aromatic heterocycles. The highest BCUT2D eigenvalue weighted by molar-refractivity contribution is 6.33. The Labute approximate surface area is 108 Å². The topological polar surface area (TPSA) is 41.5 Å². The summed E-state index contributed by atoms with van der Waals surface area (Å²) >= 11 is 5.72. The van der Waals surface area contributed by atoms with Crippen LogP contribution >= 0.6 is 11.6 Å². The summed E-state index contributed by atoms with van der Waals surface area (Å²) in [6, 6.07) is 3.50. The summed E-state index contributed by atoms with van der Waals surface area (Å²) < 4.78 is 42.8. The molecule has 3 nitrogen and oxygen atoms in total. The molecule has 0 heterocycles. The standard InChI is InChI=1S/C11H13ClF3NO2/c1-18-6-7(17)5-16-10-8(11(13,14)15)3-2-4-9(10)12/h2-4,7,16-17H,5-6H2,1H3. The summed E-state index contributed by atoms with van der Waals surface area (Å²) in [6.07, 6.45) is -5.41. The maximum atomic E-state index is 12.7. The van der Waals surface area contributed by atoms with E-state index in [0.29, 0.717) is 0 Å². The number of anilines is 1. The highest BCUT2D eigenvalue weighted by atomic mass is 35.5. The third-order valence-electron chi connectivity index (χ3n) is 2.19. The molecule has 1 atom stereocenters. The number of hydrogen-bond acceptors (Lipinski definition) is 3. The van der Waals surface area contributed by atoms with Crippen molar-refractivity contribution < 1.29 is 23.0 Å². The number of benzene rings is 1. The van der Waals surface area contributed by atoms with Gasteiger partial charge >= 0.3 is 6.18 Å². The molecule has 0 saturated heterocycles. The van der Waals surface area contributed by atoms with E-state index in [-0.39, 0.29) is 23.9 Å². The number of alkyl halides is 3. The van der Waals surface area contributed by atoms with Gasteiger partial charge < -0.3 is 15.2 Å². The molecule has 0 aliphatic rings. The van der Waals surface area contributed by atoms with Gasteiger partial charge in [0, 0.05) is 13.7 Å². The lowest BCUT2D eigenvalue weighted by Crippen LogP contribution is -2.25. The molecule has 0 bridgehead atoms. The van der Waals surface area contributed by atoms with Crippen LogP contribution < -0.4 is 5.32 Å². The Hall–Kier alpha value is -0.980. The van der Waals surface area contributed by atoms with Gasteiger partial charge in [0.05, 0.1) is 29.0 Å². The summed E-state index contributed by atoms with van der Waals surface area (Å²) in [5, 5.41) is 11.8. The van der Waals surface area contributed by atoms with Crippen LogP contribution in [0.2, 0.25) is 5.02 Å². The van der Waals surface area contributed by atoms with Crippen molar-refractivity contribution in [3.63, 3.8) is 0 Å². The number of hydrogen-bond donors (Lipinski definition) is 2. The lowest BCUT2D eigenvalue weighted by Gasteiger charge is -2.17. The van der Waals surface area contributed by atoms with Gasteiger partial charge in [0.1, 0.15) is 0 Å². The van der Waals surface area contributed by atoms with Gasteiger partial charge in [0.2, 0.25) is 0 Å². The van der Waals surface area contributed by atoms with Crippen molar-refractivity contribution >= 4 is 17.3 Å². The fourth-order valence-corrected chi connectivity index (χ4v) is 1.65. The fourth-order valence-electron chi connectivity index (χ4n) is 1.41. The molecule has 1 unspecified atom stereocenters. The van der Waals surface area contributed by atoms with Gasteiger partial charge in [-0.2, -0.15) is 13.2 Å². The molecule has 0 amide bonds. The molecular formula is C11H13ClF3NO2. The second-order valence-electron chi connectivity index (χ2n) is 3.65. The Morgan fingerprint density at radius 3 is 2.67 bits per heavy atom. The van der Waals surface area contributed by atoms with Gasteiger partial charge in [-0.25, -0.2) is 0 Å². The summed E-state index contributed by atoms with van der Waals surface area (Å²) in [5.74, 6) is 0. The number of aliphatic hydroxyl groups excluding tert-OH is 1. The molecule has 7 heteroatoms. The van der Waals surface area contributed by atoms with E-state index < -0.39 is 17.8 Å². The average molecular weight is 284 g/mol. The van der Waals surface area contributed by atoms with Crippen LogP contribution in [0.4, 0.5) is 18.9 Å². The van der Waals surface area contributed by atoms with Crippen molar-refractivity contribution in [3.8, 4) is 0 Å². The monoisotopic (exact) mass is 283 g/mol. The third kappa shape index (κ3) is 4.04. The zero-order valence-corrected chi connectivity index (χ0v) is 10.3. The van der Waals surface area contributed by atoms with Gasteiger partial charge in [-0.3, -0.25) is 0 Å². The smallest absolute Gasteiger partial charge is 0.389 e. The zero-order chi connectivity index (χ0) is 13.8. The van der Waals surface area contributed by atoms with Gasteiger partial charge in [-0.05, 0) is 12.1 Å². The van der Waals surface area contributed by atoms with Crippen molar-refractivity contribution in [3.05, 3.63) is 28.8 Å². The van der Waals surface area contributed by atoms with Crippen LogP contribution in [0.1, 0.15) is 5.56 Å². The Morgan fingerprint density at radius 1 is 1.44 bits per heavy atom. The summed E-state index contributed by atoms with van der Waals surface area (Å²) in [4.78, 5) is 0. The predicted molar refractivity (Wildman–Crippen MR) is 62.8 cm³/mol. The van der Waals surface area contributed by atoms with E-state index >= 15 is 0 Å². The molecule has 1 aromatic rings. The number of rotatable bonds is 5. The van der Waals surface area contributed by atoms with Crippen LogP contribution in [0, 0.1) is 0 Å². The highest BCUT2D eigenvalue weighted by Crippen LogP contribution is 2.38. The lowest BCUT2D eigenvalue weighted by molar-refractivity contribution is -0.137. The van der Waals surface area contributed by atoms with Gasteiger partial charge in [-0.1, -0.05) is 17.7 Å². The molecule has 0 spiro atoms. The van der Waals surface area contributed by atoms with Crippen LogP contribution in [0.3, 0.4) is 0 Å². The quantitative estimate of drug-likeness (QED) is 0.873. The first-order chi connectivity index (χ1) is 8.36. The van der Waals surface area contributed by atoms with Crippen LogP contribution in [0.5, 0.6) is 0 Å². The molecule has 0 radical (unpaired) electrons. The summed E-state index contributed by atoms with van der Waals surface area (Å²) in [6.45, 7) is -0.0561. The number of ether oxygens (including phenoxy) is 1. The number of aliphatic hydroxyl groups is 1. The van der Waals surface area contributed by atoms with E-state index in [2.05, 4.69) is 10.1 Å². The molecule has 0 saturated carbocycles. The third-order valence-corrected chi connectivity index (χ3v) is 2.51. The number of para-hydroxylation sites is 1. The molecule has 0 aliphatic heterocycles. The molecule has 0 fully saturated rings. The van der Waals surface area contributed by atoms with Crippen molar-refractivity contribution in [2.45, 2.75) is 12.3 Å². The van der Waals surface area contributed by atoms with Crippen LogP contribution in [0.15, 0.2) is 18.2 Å². The first kappa shape index (κ1) is 15.1. The van der Waals surface area contributed by atoms with E-state index in [4.69, 9.17) is 11.6 Å². The maximum absolute atomic E-state index is 12.7. The zero-order valence-electron chi connectivity index (χ0n) is 9.59. The number of halogens is 4. The normalized spacial score (nSPS) is 13.4. The predicted octanol–water partition coefficient (Wildman–Crippen LogP) is 2.78. The average Bonchev–Trinajstić information content (AvgIpc) is 2.26. The molecule has 102 valence electrons. The van der Waals surface area contributed by atoms with E-state index in [1.807, 2.05) is 0 Å². The lowest BCUT2D eigenvalue weighted by atomic mass is 10.1. The number of methoxy groups -OCH3 is 1. The van der Waals surface area contributed by atoms with E-state index in [0.717, 1.165) is 6.07 Å². The Morgan fingerprint density at radius 2 is 2.11 bits per heavy atom. The Kier molecular flexibility index (Phi) is 5.25. The van der Waals surface area contributed by atoms with Gasteiger partial charge in [0.15, 0.2) is 0 Å². The number of nitrogens with one attached hydrogen (secondary N) is 1. The fraction of sp³-hybridized carbons (Fsp3) is 0.455. The first-order valence-corrected chi connectivity index (χ1v) is 5.50. The Balaban J connectivity index is 2.87.